The molecule has 0 radical (unpaired) electrons. The molecule has 5 nitrogen and oxygen atoms in total. The first kappa shape index (κ1) is 13.8. The molecular weight excluding hydrogens is 244 g/mol. The third-order valence-electron chi connectivity index (χ3n) is 3.00. The summed E-state index contributed by atoms with van der Waals surface area (Å²) in [6, 6.07) is 5.74. The minimum absolute atomic E-state index is 0.340. The Hall–Kier alpha value is -1.59. The van der Waals surface area contributed by atoms with Crippen molar-refractivity contribution in [3.05, 3.63) is 34.3 Å². The van der Waals surface area contributed by atoms with Gasteiger partial charge in [-0.05, 0) is 44.5 Å². The fourth-order valence-electron chi connectivity index (χ4n) is 1.95. The van der Waals surface area contributed by atoms with E-state index in [9.17, 15) is 9.90 Å². The van der Waals surface area contributed by atoms with Crippen molar-refractivity contribution in [1.82, 2.24) is 9.88 Å². The Morgan fingerprint density at radius 2 is 2.16 bits per heavy atom. The van der Waals surface area contributed by atoms with Gasteiger partial charge in [0.2, 0.25) is 0 Å². The summed E-state index contributed by atoms with van der Waals surface area (Å²) >= 11 is 0. The maximum atomic E-state index is 11.4. The van der Waals surface area contributed by atoms with Crippen LogP contribution in [0.5, 0.6) is 0 Å². The molecule has 0 atom stereocenters. The number of hydrogen-bond donors (Lipinski definition) is 2. The Labute approximate surface area is 111 Å². The highest BCUT2D eigenvalue weighted by atomic mass is 16.4. The van der Waals surface area contributed by atoms with Crippen molar-refractivity contribution in [1.29, 1.82) is 0 Å². The molecule has 104 valence electrons. The van der Waals surface area contributed by atoms with Gasteiger partial charge in [-0.2, -0.15) is 0 Å². The Morgan fingerprint density at radius 1 is 1.42 bits per heavy atom. The van der Waals surface area contributed by atoms with Crippen LogP contribution in [-0.4, -0.2) is 28.4 Å². The summed E-state index contributed by atoms with van der Waals surface area (Å²) in [7, 11) is 1.70. The molecule has 0 spiro atoms. The van der Waals surface area contributed by atoms with Crippen LogP contribution in [0.2, 0.25) is 0 Å². The van der Waals surface area contributed by atoms with Gasteiger partial charge in [0.25, 0.3) is 0 Å². The zero-order chi connectivity index (χ0) is 14.0. The summed E-state index contributed by atoms with van der Waals surface area (Å²) in [4.78, 5) is 11.4. The van der Waals surface area contributed by atoms with E-state index in [1.807, 2.05) is 18.2 Å². The second kappa shape index (κ2) is 5.19. The number of aryl methyl sites for hydroxylation is 1. The third-order valence-corrected chi connectivity index (χ3v) is 3.00. The van der Waals surface area contributed by atoms with Gasteiger partial charge in [0, 0.05) is 13.6 Å². The number of aromatic nitrogens is 1. The van der Waals surface area contributed by atoms with Gasteiger partial charge in [0.1, 0.15) is 0 Å². The maximum absolute atomic E-state index is 11.4. The maximum Gasteiger partial charge on any atom is 0.419 e. The molecule has 0 unspecified atom stereocenters. The fourth-order valence-corrected chi connectivity index (χ4v) is 1.95. The lowest BCUT2D eigenvalue weighted by Crippen LogP contribution is -2.35. The van der Waals surface area contributed by atoms with E-state index in [2.05, 4.69) is 5.32 Å². The lowest BCUT2D eigenvalue weighted by Gasteiger charge is -2.17. The topological polar surface area (TPSA) is 67.4 Å². The third kappa shape index (κ3) is 3.45. The molecular formula is C14H20N2O3. The predicted molar refractivity (Wildman–Crippen MR) is 74.3 cm³/mol. The van der Waals surface area contributed by atoms with Crippen LogP contribution < -0.4 is 11.1 Å². The van der Waals surface area contributed by atoms with Crippen molar-refractivity contribution in [2.75, 3.05) is 13.1 Å². The second-order valence-corrected chi connectivity index (χ2v) is 5.47. The number of fused-ring (bicyclic) bond motifs is 1. The average Bonchev–Trinajstić information content (AvgIpc) is 2.60. The van der Waals surface area contributed by atoms with E-state index in [-0.39, 0.29) is 5.76 Å². The molecule has 0 aliphatic heterocycles. The first-order chi connectivity index (χ1) is 8.87. The van der Waals surface area contributed by atoms with Gasteiger partial charge in [-0.25, -0.2) is 4.79 Å². The smallest absolute Gasteiger partial charge is 0.408 e. The van der Waals surface area contributed by atoms with Gasteiger partial charge in [-0.3, -0.25) is 4.57 Å². The fraction of sp³-hybridized carbons (Fsp3) is 0.500. The minimum Gasteiger partial charge on any atom is -0.408 e. The highest BCUT2D eigenvalue weighted by Gasteiger charge is 2.11. The molecule has 0 aliphatic rings. The van der Waals surface area contributed by atoms with Crippen LogP contribution in [0.3, 0.4) is 0 Å². The van der Waals surface area contributed by atoms with Crippen molar-refractivity contribution in [2.45, 2.75) is 25.9 Å². The Morgan fingerprint density at radius 3 is 2.84 bits per heavy atom. The molecule has 19 heavy (non-hydrogen) atoms. The lowest BCUT2D eigenvalue weighted by molar-refractivity contribution is 0.0801. The van der Waals surface area contributed by atoms with Crippen LogP contribution in [0.15, 0.2) is 27.4 Å². The molecule has 1 heterocycles. The van der Waals surface area contributed by atoms with Gasteiger partial charge < -0.3 is 14.8 Å². The Bertz CT molecular complexity index is 620. The molecule has 2 aromatic rings. The van der Waals surface area contributed by atoms with Crippen molar-refractivity contribution in [3.63, 3.8) is 0 Å². The average molecular weight is 264 g/mol. The summed E-state index contributed by atoms with van der Waals surface area (Å²) < 4.78 is 6.59. The summed E-state index contributed by atoms with van der Waals surface area (Å²) in [6.07, 6.45) is 0.839. The Balaban J connectivity index is 2.02. The van der Waals surface area contributed by atoms with Gasteiger partial charge in [0.05, 0.1) is 11.1 Å². The molecule has 0 bridgehead atoms. The van der Waals surface area contributed by atoms with Crippen molar-refractivity contribution >= 4 is 11.1 Å². The quantitative estimate of drug-likeness (QED) is 0.792. The highest BCUT2D eigenvalue weighted by Crippen LogP contribution is 2.14. The zero-order valence-electron chi connectivity index (χ0n) is 11.6. The van der Waals surface area contributed by atoms with Gasteiger partial charge in [-0.15, -0.1) is 0 Å². The second-order valence-electron chi connectivity index (χ2n) is 5.47. The van der Waals surface area contributed by atoms with Crippen LogP contribution in [0.1, 0.15) is 19.4 Å². The first-order valence-corrected chi connectivity index (χ1v) is 6.38. The first-order valence-electron chi connectivity index (χ1n) is 6.38. The van der Waals surface area contributed by atoms with E-state index in [0.717, 1.165) is 24.0 Å². The van der Waals surface area contributed by atoms with Crippen molar-refractivity contribution in [3.8, 4) is 0 Å². The van der Waals surface area contributed by atoms with Crippen LogP contribution >= 0.6 is 0 Å². The molecule has 5 heteroatoms. The normalized spacial score (nSPS) is 12.2. The van der Waals surface area contributed by atoms with Crippen LogP contribution in [0, 0.1) is 0 Å². The molecule has 2 rings (SSSR count). The van der Waals surface area contributed by atoms with Gasteiger partial charge in [0.15, 0.2) is 5.58 Å². The summed E-state index contributed by atoms with van der Waals surface area (Å²) in [6.45, 7) is 4.88. The van der Waals surface area contributed by atoms with E-state index in [4.69, 9.17) is 4.42 Å². The van der Waals surface area contributed by atoms with Crippen LogP contribution in [0.25, 0.3) is 11.1 Å². The molecule has 0 saturated heterocycles. The monoisotopic (exact) mass is 264 g/mol. The number of nitrogens with one attached hydrogen (secondary N) is 1. The van der Waals surface area contributed by atoms with Crippen LogP contribution in [-0.2, 0) is 13.5 Å². The molecule has 1 aromatic carbocycles. The highest BCUT2D eigenvalue weighted by molar-refractivity contribution is 5.73. The number of benzene rings is 1. The number of aliphatic hydroxyl groups is 1. The molecule has 2 N–H and O–H groups in total. The number of oxazole rings is 1. The van der Waals surface area contributed by atoms with Gasteiger partial charge >= 0.3 is 5.76 Å². The van der Waals surface area contributed by atoms with Crippen molar-refractivity contribution in [2.24, 2.45) is 7.05 Å². The lowest BCUT2D eigenvalue weighted by atomic mass is 10.1. The molecule has 0 fully saturated rings. The molecule has 0 aliphatic carbocycles. The van der Waals surface area contributed by atoms with Crippen molar-refractivity contribution < 1.29 is 9.52 Å². The van der Waals surface area contributed by atoms with E-state index < -0.39 is 5.60 Å². The summed E-state index contributed by atoms with van der Waals surface area (Å²) in [5.41, 5.74) is 1.86. The molecule has 0 amide bonds. The SMILES string of the molecule is Cn1c(=O)oc2ccc(CCNCC(C)(C)O)cc21. The number of nitrogens with zero attached hydrogens (tertiary/aromatic N) is 1. The largest absolute Gasteiger partial charge is 0.419 e. The number of hydrogen-bond acceptors (Lipinski definition) is 4. The van der Waals surface area contributed by atoms with E-state index >= 15 is 0 Å². The van der Waals surface area contributed by atoms with E-state index in [0.29, 0.717) is 12.1 Å². The van der Waals surface area contributed by atoms with E-state index in [1.54, 1.807) is 20.9 Å². The number of rotatable bonds is 5. The predicted octanol–water partition coefficient (Wildman–Crippen LogP) is 1.03. The Kier molecular flexibility index (Phi) is 3.78. The zero-order valence-corrected chi connectivity index (χ0v) is 11.6. The van der Waals surface area contributed by atoms with E-state index in [1.165, 1.54) is 4.57 Å². The van der Waals surface area contributed by atoms with Crippen LogP contribution in [0.4, 0.5) is 0 Å². The molecule has 1 aromatic heterocycles. The molecule has 0 saturated carbocycles. The summed E-state index contributed by atoms with van der Waals surface area (Å²) in [5.74, 6) is -0.340. The minimum atomic E-state index is -0.696. The summed E-state index contributed by atoms with van der Waals surface area (Å²) in [5, 5.41) is 12.8. The van der Waals surface area contributed by atoms with Gasteiger partial charge in [-0.1, -0.05) is 6.07 Å². The standard InChI is InChI=1S/C14H20N2O3/c1-14(2,18)9-15-7-6-10-4-5-12-11(8-10)16(3)13(17)19-12/h4-5,8,15,18H,6-7,9H2,1-3H3.